The van der Waals surface area contributed by atoms with Crippen molar-refractivity contribution in [1.82, 2.24) is 24.6 Å². The van der Waals surface area contributed by atoms with Crippen LogP contribution in [0.3, 0.4) is 0 Å². The number of halogens is 1. The Hall–Kier alpha value is -2.72. The number of rotatable bonds is 15. The van der Waals surface area contributed by atoms with Crippen LogP contribution in [0, 0.1) is 0 Å². The minimum atomic E-state index is -3.77. The fraction of sp³-hybridized carbons (Fsp3) is 0.520. The third kappa shape index (κ3) is 8.39. The molecule has 0 fully saturated rings. The molecule has 0 aliphatic rings. The molecule has 38 heavy (non-hydrogen) atoms. The Morgan fingerprint density at radius 1 is 1.18 bits per heavy atom. The number of aromatic nitrogens is 4. The van der Waals surface area contributed by atoms with Crippen LogP contribution >= 0.6 is 19.1 Å². The smallest absolute Gasteiger partial charge is 0.342 e. The van der Waals surface area contributed by atoms with Gasteiger partial charge >= 0.3 is 13.5 Å². The van der Waals surface area contributed by atoms with Crippen molar-refractivity contribution in [3.63, 3.8) is 0 Å². The summed E-state index contributed by atoms with van der Waals surface area (Å²) in [6, 6.07) is 6.44. The lowest BCUT2D eigenvalue weighted by Gasteiger charge is -2.30. The van der Waals surface area contributed by atoms with Gasteiger partial charge in [-0.25, -0.2) is 20.0 Å². The van der Waals surface area contributed by atoms with Crippen LogP contribution in [0.1, 0.15) is 53.4 Å². The van der Waals surface area contributed by atoms with Gasteiger partial charge in [0.05, 0.1) is 25.6 Å². The van der Waals surface area contributed by atoms with Crippen LogP contribution in [-0.2, 0) is 25.4 Å². The lowest BCUT2D eigenvalue weighted by Crippen LogP contribution is -2.47. The molecule has 3 aromatic rings. The van der Waals surface area contributed by atoms with E-state index in [-0.39, 0.29) is 12.2 Å². The third-order valence-corrected chi connectivity index (χ3v) is 7.82. The summed E-state index contributed by atoms with van der Waals surface area (Å²) < 4.78 is 33.1. The van der Waals surface area contributed by atoms with Gasteiger partial charge in [0.25, 0.3) is 0 Å². The number of nitrogens with one attached hydrogen (secondary N) is 1. The van der Waals surface area contributed by atoms with Gasteiger partial charge in [0, 0.05) is 5.02 Å². The van der Waals surface area contributed by atoms with Crippen molar-refractivity contribution in [1.29, 1.82) is 0 Å². The average Bonchev–Trinajstić information content (AvgIpc) is 3.27. The Kier molecular flexibility index (Phi) is 10.5. The van der Waals surface area contributed by atoms with Crippen molar-refractivity contribution in [3.8, 4) is 5.75 Å². The van der Waals surface area contributed by atoms with E-state index in [4.69, 9.17) is 31.3 Å². The summed E-state index contributed by atoms with van der Waals surface area (Å²) in [5, 5.41) is 3.39. The summed E-state index contributed by atoms with van der Waals surface area (Å²) in [6.45, 7) is 7.79. The number of esters is 1. The first kappa shape index (κ1) is 29.8. The second-order valence-electron chi connectivity index (χ2n) is 9.59. The molecule has 0 aliphatic heterocycles. The number of ether oxygens (including phenoxy) is 2. The van der Waals surface area contributed by atoms with Crippen molar-refractivity contribution < 1.29 is 23.4 Å². The van der Waals surface area contributed by atoms with Gasteiger partial charge in [0.15, 0.2) is 11.5 Å². The van der Waals surface area contributed by atoms with Crippen molar-refractivity contribution in [3.05, 3.63) is 41.9 Å². The predicted octanol–water partition coefficient (Wildman–Crippen LogP) is 5.19. The molecule has 208 valence electrons. The maximum absolute atomic E-state index is 14.0. The largest absolute Gasteiger partial charge is 0.464 e. The van der Waals surface area contributed by atoms with Gasteiger partial charge in [-0.05, 0) is 51.5 Å². The molecule has 0 saturated heterocycles. The third-order valence-electron chi connectivity index (χ3n) is 5.67. The lowest BCUT2D eigenvalue weighted by molar-refractivity contribution is -0.149. The van der Waals surface area contributed by atoms with Gasteiger partial charge in [0.2, 0.25) is 0 Å². The summed E-state index contributed by atoms with van der Waals surface area (Å²) in [6.07, 6.45) is 6.15. The number of hydrogen-bond acceptors (Lipinski definition) is 9. The minimum Gasteiger partial charge on any atom is -0.464 e. The van der Waals surface area contributed by atoms with Crippen LogP contribution in [0.5, 0.6) is 5.75 Å². The molecule has 1 unspecified atom stereocenters. The number of fused-ring (bicyclic) bond motifs is 1. The fourth-order valence-electron chi connectivity index (χ4n) is 3.68. The van der Waals surface area contributed by atoms with E-state index in [0.717, 1.165) is 25.7 Å². The second-order valence-corrected chi connectivity index (χ2v) is 12.0. The maximum atomic E-state index is 14.0. The van der Waals surface area contributed by atoms with E-state index in [1.807, 2.05) is 6.92 Å². The van der Waals surface area contributed by atoms with E-state index in [2.05, 4.69) is 27.0 Å². The number of imidazole rings is 1. The van der Waals surface area contributed by atoms with Crippen molar-refractivity contribution >= 4 is 42.1 Å². The van der Waals surface area contributed by atoms with Crippen LogP contribution < -0.4 is 15.3 Å². The molecule has 13 heteroatoms. The molecule has 0 saturated carbocycles. The Balaban J connectivity index is 1.69. The summed E-state index contributed by atoms with van der Waals surface area (Å²) in [4.78, 5) is 25.3. The van der Waals surface area contributed by atoms with E-state index in [1.165, 1.54) is 6.33 Å². The summed E-state index contributed by atoms with van der Waals surface area (Å²) in [7, 11) is -3.77. The molecule has 0 aliphatic carbocycles. The first-order chi connectivity index (χ1) is 18.0. The highest BCUT2D eigenvalue weighted by Gasteiger charge is 2.39. The highest BCUT2D eigenvalue weighted by Crippen LogP contribution is 2.45. The molecular weight excluding hydrogens is 531 g/mol. The Morgan fingerprint density at radius 3 is 2.63 bits per heavy atom. The predicted molar refractivity (Wildman–Crippen MR) is 147 cm³/mol. The summed E-state index contributed by atoms with van der Waals surface area (Å²) in [5.41, 5.74) is 5.63. The molecule has 0 amide bonds. The quantitative estimate of drug-likeness (QED) is 0.143. The van der Waals surface area contributed by atoms with Crippen LogP contribution in [-0.4, -0.2) is 50.1 Å². The van der Waals surface area contributed by atoms with E-state index in [1.54, 1.807) is 49.0 Å². The SMILES string of the molecule is CCCCCCOC(=O)C(C)(C)NP(=O)(CO[C@H](C)Cn1cnc2c(N)ncnc21)Oc1ccc(Cl)cc1. The zero-order valence-corrected chi connectivity index (χ0v) is 23.9. The molecule has 2 heterocycles. The van der Waals surface area contributed by atoms with E-state index >= 15 is 0 Å². The first-order valence-corrected chi connectivity index (χ1v) is 14.8. The van der Waals surface area contributed by atoms with Gasteiger partial charge < -0.3 is 24.3 Å². The van der Waals surface area contributed by atoms with Crippen molar-refractivity contribution in [2.45, 2.75) is 71.6 Å². The monoisotopic (exact) mass is 566 g/mol. The molecular formula is C25H36ClN6O5P. The summed E-state index contributed by atoms with van der Waals surface area (Å²) >= 11 is 5.98. The number of benzene rings is 1. The molecule has 2 atom stereocenters. The Morgan fingerprint density at radius 2 is 1.92 bits per heavy atom. The highest BCUT2D eigenvalue weighted by atomic mass is 35.5. The molecule has 0 radical (unpaired) electrons. The molecule has 3 N–H and O–H groups in total. The van der Waals surface area contributed by atoms with Gasteiger partial charge in [-0.2, -0.15) is 0 Å². The number of carbonyl (C=O) groups is 1. The van der Waals surface area contributed by atoms with Gasteiger partial charge in [-0.3, -0.25) is 9.36 Å². The van der Waals surface area contributed by atoms with Gasteiger partial charge in [0.1, 0.15) is 29.5 Å². The lowest BCUT2D eigenvalue weighted by atomic mass is 10.1. The zero-order valence-electron chi connectivity index (χ0n) is 22.2. The Labute approximate surface area is 227 Å². The topological polar surface area (TPSA) is 143 Å². The van der Waals surface area contributed by atoms with E-state index in [9.17, 15) is 9.36 Å². The zero-order chi connectivity index (χ0) is 27.8. The van der Waals surface area contributed by atoms with Crippen LogP contribution in [0.25, 0.3) is 11.2 Å². The minimum absolute atomic E-state index is 0.284. The number of nitrogen functional groups attached to an aromatic ring is 1. The number of unbranched alkanes of at least 4 members (excludes halogenated alkanes) is 3. The van der Waals surface area contributed by atoms with Crippen LogP contribution in [0.2, 0.25) is 5.02 Å². The molecule has 11 nitrogen and oxygen atoms in total. The average molecular weight is 567 g/mol. The molecule has 2 aromatic heterocycles. The standard InChI is InChI=1S/C25H36ClN6O5P/c1-5-6-7-8-13-35-24(33)25(3,4)31-38(34,37-20-11-9-19(26)10-12-20)17-36-18(2)14-32-16-30-21-22(27)28-15-29-23(21)32/h9-12,15-16,18H,5-8,13-14,17H2,1-4H3,(H,31,34)(H2,27,28,29)/t18-,38?/m1/s1. The van der Waals surface area contributed by atoms with Crippen LogP contribution in [0.15, 0.2) is 36.9 Å². The number of nitrogens with two attached hydrogens (primary N) is 1. The van der Waals surface area contributed by atoms with Gasteiger partial charge in [-0.1, -0.05) is 37.8 Å². The number of hydrogen-bond donors (Lipinski definition) is 2. The molecule has 0 spiro atoms. The van der Waals surface area contributed by atoms with Gasteiger partial charge in [-0.15, -0.1) is 0 Å². The normalized spacial score (nSPS) is 14.2. The number of nitrogens with zero attached hydrogens (tertiary/aromatic N) is 4. The van der Waals surface area contributed by atoms with Crippen molar-refractivity contribution in [2.75, 3.05) is 18.7 Å². The summed E-state index contributed by atoms with van der Waals surface area (Å²) in [5.74, 6) is 0.0778. The molecule has 1 aromatic carbocycles. The second kappa shape index (κ2) is 13.4. The Bertz CT molecular complexity index is 1250. The first-order valence-electron chi connectivity index (χ1n) is 12.6. The highest BCUT2D eigenvalue weighted by molar-refractivity contribution is 7.57. The van der Waals surface area contributed by atoms with Crippen LogP contribution in [0.4, 0.5) is 5.82 Å². The van der Waals surface area contributed by atoms with E-state index < -0.39 is 25.1 Å². The molecule has 0 bridgehead atoms. The maximum Gasteiger partial charge on any atom is 0.342 e. The van der Waals surface area contributed by atoms with E-state index in [0.29, 0.717) is 35.1 Å². The number of carbonyl (C=O) groups excluding carboxylic acids is 1. The number of anilines is 1. The fourth-order valence-corrected chi connectivity index (χ4v) is 5.83. The van der Waals surface area contributed by atoms with Crippen molar-refractivity contribution in [2.24, 2.45) is 0 Å². The molecule has 3 rings (SSSR count).